The van der Waals surface area contributed by atoms with Gasteiger partial charge in [0.05, 0.1) is 6.10 Å². The predicted molar refractivity (Wildman–Crippen MR) is 55.3 cm³/mol. The van der Waals surface area contributed by atoms with Crippen molar-refractivity contribution in [2.45, 2.75) is 37.9 Å². The topological polar surface area (TPSA) is 29.5 Å². The molecule has 0 bridgehead atoms. The van der Waals surface area contributed by atoms with E-state index >= 15 is 0 Å². The Bertz CT molecular complexity index is 327. The maximum atomic E-state index is 12.9. The van der Waals surface area contributed by atoms with Crippen molar-refractivity contribution in [1.29, 1.82) is 0 Å². The Morgan fingerprint density at radius 3 is 2.80 bits per heavy atom. The van der Waals surface area contributed by atoms with Crippen molar-refractivity contribution in [3.8, 4) is 5.75 Å². The van der Waals surface area contributed by atoms with Crippen molar-refractivity contribution in [2.24, 2.45) is 0 Å². The quantitative estimate of drug-likeness (QED) is 0.812. The lowest BCUT2D eigenvalue weighted by atomic mass is 9.95. The molecule has 0 heterocycles. The molecule has 0 unspecified atom stereocenters. The molecule has 0 radical (unpaired) electrons. The van der Waals surface area contributed by atoms with Gasteiger partial charge in [0.15, 0.2) is 0 Å². The molecule has 1 N–H and O–H groups in total. The van der Waals surface area contributed by atoms with E-state index in [9.17, 15) is 9.50 Å². The van der Waals surface area contributed by atoms with E-state index in [2.05, 4.69) is 0 Å². The molecule has 0 aromatic heterocycles. The van der Waals surface area contributed by atoms with E-state index in [1.54, 1.807) is 12.1 Å². The highest BCUT2D eigenvalue weighted by atomic mass is 19.1. The minimum atomic E-state index is -0.415. The van der Waals surface area contributed by atoms with Crippen LogP contribution < -0.4 is 4.74 Å². The number of ether oxygens (including phenoxy) is 1. The van der Waals surface area contributed by atoms with Gasteiger partial charge < -0.3 is 9.84 Å². The molecular weight excluding hydrogens is 195 g/mol. The summed E-state index contributed by atoms with van der Waals surface area (Å²) in [6.45, 7) is 0. The lowest BCUT2D eigenvalue weighted by Gasteiger charge is -2.28. The second-order valence-corrected chi connectivity index (χ2v) is 3.97. The summed E-state index contributed by atoms with van der Waals surface area (Å²) in [7, 11) is 0. The standard InChI is InChI=1S/C12H15FO2/c13-9-4-3-5-10(8-9)15-12-7-2-1-6-11(12)14/h3-5,8,11-12,14H,1-2,6-7H2/t11-,12-/m0/s1. The van der Waals surface area contributed by atoms with Gasteiger partial charge in [0.2, 0.25) is 0 Å². The Morgan fingerprint density at radius 2 is 2.07 bits per heavy atom. The molecule has 0 amide bonds. The van der Waals surface area contributed by atoms with E-state index in [4.69, 9.17) is 4.74 Å². The molecule has 2 rings (SSSR count). The molecule has 1 aliphatic carbocycles. The molecule has 0 spiro atoms. The van der Waals surface area contributed by atoms with Gasteiger partial charge in [0, 0.05) is 6.07 Å². The first-order chi connectivity index (χ1) is 7.25. The summed E-state index contributed by atoms with van der Waals surface area (Å²) < 4.78 is 18.4. The first-order valence-electron chi connectivity index (χ1n) is 5.36. The van der Waals surface area contributed by atoms with E-state index in [1.165, 1.54) is 12.1 Å². The van der Waals surface area contributed by atoms with Gasteiger partial charge in [0.25, 0.3) is 0 Å². The Hall–Kier alpha value is -1.09. The third kappa shape index (κ3) is 2.69. The van der Waals surface area contributed by atoms with Crippen LogP contribution >= 0.6 is 0 Å². The van der Waals surface area contributed by atoms with Gasteiger partial charge >= 0.3 is 0 Å². The highest BCUT2D eigenvalue weighted by molar-refractivity contribution is 5.22. The van der Waals surface area contributed by atoms with Gasteiger partial charge in [-0.3, -0.25) is 0 Å². The molecule has 1 aromatic carbocycles. The van der Waals surface area contributed by atoms with Crippen LogP contribution in [0, 0.1) is 5.82 Å². The Morgan fingerprint density at radius 1 is 1.27 bits per heavy atom. The summed E-state index contributed by atoms with van der Waals surface area (Å²) in [6.07, 6.45) is 3.14. The molecule has 3 heteroatoms. The molecule has 1 aliphatic rings. The fourth-order valence-corrected chi connectivity index (χ4v) is 1.93. The lowest BCUT2D eigenvalue weighted by molar-refractivity contribution is 0.00673. The Kier molecular flexibility index (Phi) is 3.21. The number of rotatable bonds is 2. The first kappa shape index (κ1) is 10.4. The van der Waals surface area contributed by atoms with E-state index in [-0.39, 0.29) is 11.9 Å². The number of halogens is 1. The normalized spacial score (nSPS) is 26.3. The zero-order valence-corrected chi connectivity index (χ0v) is 8.53. The van der Waals surface area contributed by atoms with E-state index < -0.39 is 6.10 Å². The second kappa shape index (κ2) is 4.62. The molecule has 2 atom stereocenters. The molecule has 1 aromatic rings. The number of hydrogen-bond acceptors (Lipinski definition) is 2. The lowest BCUT2D eigenvalue weighted by Crippen LogP contribution is -2.34. The van der Waals surface area contributed by atoms with Crippen LogP contribution in [0.1, 0.15) is 25.7 Å². The van der Waals surface area contributed by atoms with Crippen molar-refractivity contribution < 1.29 is 14.2 Å². The maximum absolute atomic E-state index is 12.9. The van der Waals surface area contributed by atoms with Crippen molar-refractivity contribution in [3.05, 3.63) is 30.1 Å². The van der Waals surface area contributed by atoms with Crippen LogP contribution in [0.15, 0.2) is 24.3 Å². The zero-order valence-electron chi connectivity index (χ0n) is 8.53. The van der Waals surface area contributed by atoms with Gasteiger partial charge in [-0.25, -0.2) is 4.39 Å². The highest BCUT2D eigenvalue weighted by Gasteiger charge is 2.24. The smallest absolute Gasteiger partial charge is 0.126 e. The average molecular weight is 210 g/mol. The number of benzene rings is 1. The van der Waals surface area contributed by atoms with Crippen LogP contribution in [0.5, 0.6) is 5.75 Å². The van der Waals surface area contributed by atoms with Crippen LogP contribution in [0.25, 0.3) is 0 Å². The molecule has 0 aliphatic heterocycles. The molecule has 82 valence electrons. The molecule has 0 saturated heterocycles. The predicted octanol–water partition coefficient (Wildman–Crippen LogP) is 2.51. The van der Waals surface area contributed by atoms with Crippen LogP contribution in [-0.2, 0) is 0 Å². The Balaban J connectivity index is 2.01. The minimum absolute atomic E-state index is 0.180. The summed E-state index contributed by atoms with van der Waals surface area (Å²) >= 11 is 0. The SMILES string of the molecule is O[C@H]1CCCC[C@@H]1Oc1cccc(F)c1. The van der Waals surface area contributed by atoms with E-state index in [1.807, 2.05) is 0 Å². The minimum Gasteiger partial charge on any atom is -0.488 e. The van der Waals surface area contributed by atoms with E-state index in [0.29, 0.717) is 5.75 Å². The van der Waals surface area contributed by atoms with Gasteiger partial charge in [0.1, 0.15) is 17.7 Å². The summed E-state index contributed by atoms with van der Waals surface area (Å²) in [6, 6.07) is 6.05. The maximum Gasteiger partial charge on any atom is 0.126 e. The average Bonchev–Trinajstić information content (AvgIpc) is 2.22. The molecule has 2 nitrogen and oxygen atoms in total. The summed E-state index contributed by atoms with van der Waals surface area (Å²) in [4.78, 5) is 0. The first-order valence-corrected chi connectivity index (χ1v) is 5.36. The highest BCUT2D eigenvalue weighted by Crippen LogP contribution is 2.24. The number of aliphatic hydroxyl groups is 1. The fraction of sp³-hybridized carbons (Fsp3) is 0.500. The summed E-state index contributed by atoms with van der Waals surface area (Å²) in [5.74, 6) is 0.193. The third-order valence-corrected chi connectivity index (χ3v) is 2.75. The van der Waals surface area contributed by atoms with Crippen molar-refractivity contribution in [1.82, 2.24) is 0 Å². The molecule has 1 saturated carbocycles. The van der Waals surface area contributed by atoms with Gasteiger partial charge in [-0.05, 0) is 31.4 Å². The van der Waals surface area contributed by atoms with Crippen molar-refractivity contribution in [3.63, 3.8) is 0 Å². The summed E-state index contributed by atoms with van der Waals surface area (Å²) in [5.41, 5.74) is 0. The van der Waals surface area contributed by atoms with Gasteiger partial charge in [-0.1, -0.05) is 12.5 Å². The molecular formula is C12H15FO2. The Labute approximate surface area is 88.7 Å². The van der Waals surface area contributed by atoms with Crippen LogP contribution in [0.4, 0.5) is 4.39 Å². The monoisotopic (exact) mass is 210 g/mol. The number of aliphatic hydroxyl groups excluding tert-OH is 1. The van der Waals surface area contributed by atoms with Crippen LogP contribution in [0.3, 0.4) is 0 Å². The van der Waals surface area contributed by atoms with E-state index in [0.717, 1.165) is 25.7 Å². The third-order valence-electron chi connectivity index (χ3n) is 2.75. The van der Waals surface area contributed by atoms with Crippen molar-refractivity contribution >= 4 is 0 Å². The zero-order chi connectivity index (χ0) is 10.7. The largest absolute Gasteiger partial charge is 0.488 e. The second-order valence-electron chi connectivity index (χ2n) is 3.97. The van der Waals surface area contributed by atoms with Gasteiger partial charge in [-0.2, -0.15) is 0 Å². The van der Waals surface area contributed by atoms with Crippen LogP contribution in [0.2, 0.25) is 0 Å². The molecule has 1 fully saturated rings. The fourth-order valence-electron chi connectivity index (χ4n) is 1.93. The van der Waals surface area contributed by atoms with Gasteiger partial charge in [-0.15, -0.1) is 0 Å². The van der Waals surface area contributed by atoms with Crippen LogP contribution in [-0.4, -0.2) is 17.3 Å². The number of hydrogen-bond donors (Lipinski definition) is 1. The van der Waals surface area contributed by atoms with Crippen molar-refractivity contribution in [2.75, 3.05) is 0 Å². The molecule has 15 heavy (non-hydrogen) atoms. The summed E-state index contributed by atoms with van der Waals surface area (Å²) in [5, 5.41) is 9.68.